The lowest BCUT2D eigenvalue weighted by atomic mass is 10.1. The number of alkyl halides is 3. The maximum Gasteiger partial charge on any atom is 0.433 e. The first-order valence-corrected chi connectivity index (χ1v) is 8.77. The standard InChI is InChI=1S/C19H18F4N6O/c1-18(2,30)10-25-15-7-16(26-12-6-11(20)8-24-9-12)29-17(28-15)13-4-3-5-14(27-13)19(21,22)23/h3-9,30H,10H2,1-2H3,(H2,25,26,28,29). The SMILES string of the molecule is CC(C)(O)CNc1cc(Nc2cncc(F)c2)nc(-c2cccc(C(F)(F)F)n2)n1. The van der Waals surface area contributed by atoms with Crippen LogP contribution < -0.4 is 10.6 Å². The lowest BCUT2D eigenvalue weighted by Gasteiger charge is -2.19. The molecule has 7 nitrogen and oxygen atoms in total. The van der Waals surface area contributed by atoms with Gasteiger partial charge in [-0.3, -0.25) is 4.98 Å². The Hall–Kier alpha value is -3.34. The third kappa shape index (κ3) is 5.83. The number of anilines is 3. The third-order valence-corrected chi connectivity index (χ3v) is 3.67. The number of nitrogens with zero attached hydrogens (tertiary/aromatic N) is 4. The number of hydrogen-bond donors (Lipinski definition) is 3. The van der Waals surface area contributed by atoms with Crippen molar-refractivity contribution in [1.29, 1.82) is 0 Å². The van der Waals surface area contributed by atoms with Gasteiger partial charge < -0.3 is 15.7 Å². The van der Waals surface area contributed by atoms with Crippen molar-refractivity contribution in [1.82, 2.24) is 19.9 Å². The number of aliphatic hydroxyl groups is 1. The Morgan fingerprint density at radius 3 is 2.40 bits per heavy atom. The number of aromatic nitrogens is 4. The van der Waals surface area contributed by atoms with E-state index in [1.165, 1.54) is 30.5 Å². The molecule has 0 radical (unpaired) electrons. The maximum atomic E-state index is 13.4. The fourth-order valence-corrected chi connectivity index (χ4v) is 2.37. The zero-order valence-electron chi connectivity index (χ0n) is 16.0. The summed E-state index contributed by atoms with van der Waals surface area (Å²) >= 11 is 0. The highest BCUT2D eigenvalue weighted by molar-refractivity contribution is 5.63. The topological polar surface area (TPSA) is 95.8 Å². The summed E-state index contributed by atoms with van der Waals surface area (Å²) in [5.41, 5.74) is -1.97. The van der Waals surface area contributed by atoms with Crippen LogP contribution in [0.3, 0.4) is 0 Å². The zero-order valence-corrected chi connectivity index (χ0v) is 16.0. The van der Waals surface area contributed by atoms with E-state index in [0.717, 1.165) is 12.3 Å². The Bertz CT molecular complexity index is 1040. The van der Waals surface area contributed by atoms with Gasteiger partial charge in [0.2, 0.25) is 0 Å². The van der Waals surface area contributed by atoms with E-state index in [1.807, 2.05) is 0 Å². The number of pyridine rings is 2. The number of nitrogens with one attached hydrogen (secondary N) is 2. The summed E-state index contributed by atoms with van der Waals surface area (Å²) in [6.07, 6.45) is -2.24. The number of halogens is 4. The van der Waals surface area contributed by atoms with Gasteiger partial charge in [0.15, 0.2) is 5.82 Å². The molecule has 3 aromatic heterocycles. The molecule has 158 valence electrons. The van der Waals surface area contributed by atoms with E-state index in [0.29, 0.717) is 0 Å². The van der Waals surface area contributed by atoms with Crippen molar-refractivity contribution in [3.05, 3.63) is 54.2 Å². The third-order valence-electron chi connectivity index (χ3n) is 3.67. The van der Waals surface area contributed by atoms with Crippen LogP contribution >= 0.6 is 0 Å². The highest BCUT2D eigenvalue weighted by atomic mass is 19.4. The summed E-state index contributed by atoms with van der Waals surface area (Å²) in [7, 11) is 0. The average Bonchev–Trinajstić information content (AvgIpc) is 2.65. The lowest BCUT2D eigenvalue weighted by molar-refractivity contribution is -0.141. The second kappa shape index (κ2) is 8.19. The Kier molecular flexibility index (Phi) is 5.83. The number of rotatable bonds is 6. The van der Waals surface area contributed by atoms with Gasteiger partial charge in [0.25, 0.3) is 0 Å². The summed E-state index contributed by atoms with van der Waals surface area (Å²) in [6.45, 7) is 3.27. The second-order valence-electron chi connectivity index (χ2n) is 7.05. The molecule has 0 aliphatic carbocycles. The lowest BCUT2D eigenvalue weighted by Crippen LogP contribution is -2.29. The Morgan fingerprint density at radius 2 is 1.73 bits per heavy atom. The zero-order chi connectivity index (χ0) is 21.9. The summed E-state index contributed by atoms with van der Waals surface area (Å²) in [5, 5.41) is 15.6. The minimum Gasteiger partial charge on any atom is -0.389 e. The van der Waals surface area contributed by atoms with Crippen molar-refractivity contribution in [3.63, 3.8) is 0 Å². The first-order valence-electron chi connectivity index (χ1n) is 8.77. The molecule has 0 bridgehead atoms. The minimum atomic E-state index is -4.62. The van der Waals surface area contributed by atoms with Crippen molar-refractivity contribution in [2.24, 2.45) is 0 Å². The van der Waals surface area contributed by atoms with Crippen LogP contribution in [-0.4, -0.2) is 37.2 Å². The quantitative estimate of drug-likeness (QED) is 0.517. The van der Waals surface area contributed by atoms with Crippen molar-refractivity contribution in [2.45, 2.75) is 25.6 Å². The Balaban J connectivity index is 2.01. The second-order valence-corrected chi connectivity index (χ2v) is 7.05. The van der Waals surface area contributed by atoms with Crippen LogP contribution in [0.25, 0.3) is 11.5 Å². The molecule has 3 rings (SSSR count). The summed E-state index contributed by atoms with van der Waals surface area (Å²) in [4.78, 5) is 15.7. The van der Waals surface area contributed by atoms with E-state index in [1.54, 1.807) is 13.8 Å². The first kappa shape index (κ1) is 21.4. The van der Waals surface area contributed by atoms with Crippen LogP contribution in [0.1, 0.15) is 19.5 Å². The highest BCUT2D eigenvalue weighted by Crippen LogP contribution is 2.29. The van der Waals surface area contributed by atoms with E-state index in [2.05, 4.69) is 30.6 Å². The van der Waals surface area contributed by atoms with Crippen LogP contribution in [0, 0.1) is 5.82 Å². The average molecular weight is 422 g/mol. The molecule has 0 spiro atoms. The minimum absolute atomic E-state index is 0.0892. The van der Waals surface area contributed by atoms with E-state index in [9.17, 15) is 22.7 Å². The van der Waals surface area contributed by atoms with Gasteiger partial charge in [-0.2, -0.15) is 13.2 Å². The molecule has 0 aromatic carbocycles. The Labute approximate surface area is 169 Å². The van der Waals surface area contributed by atoms with Crippen LogP contribution in [0.4, 0.5) is 34.9 Å². The van der Waals surface area contributed by atoms with Gasteiger partial charge in [-0.25, -0.2) is 19.3 Å². The number of hydrogen-bond acceptors (Lipinski definition) is 7. The molecule has 11 heteroatoms. The molecule has 30 heavy (non-hydrogen) atoms. The van der Waals surface area contributed by atoms with E-state index in [-0.39, 0.29) is 35.4 Å². The summed E-state index contributed by atoms with van der Waals surface area (Å²) in [6, 6.07) is 6.04. The molecular weight excluding hydrogens is 404 g/mol. The predicted octanol–water partition coefficient (Wildman–Crippen LogP) is 4.02. The first-order chi connectivity index (χ1) is 14.0. The molecule has 0 amide bonds. The molecule has 0 saturated carbocycles. The molecular formula is C19H18F4N6O. The predicted molar refractivity (Wildman–Crippen MR) is 103 cm³/mol. The van der Waals surface area contributed by atoms with E-state index >= 15 is 0 Å². The van der Waals surface area contributed by atoms with Crippen molar-refractivity contribution >= 4 is 17.3 Å². The van der Waals surface area contributed by atoms with Gasteiger partial charge in [-0.05, 0) is 26.0 Å². The van der Waals surface area contributed by atoms with Gasteiger partial charge in [-0.15, -0.1) is 0 Å². The summed E-state index contributed by atoms with van der Waals surface area (Å²) in [5.74, 6) is -0.263. The van der Waals surface area contributed by atoms with Crippen molar-refractivity contribution in [2.75, 3.05) is 17.2 Å². The largest absolute Gasteiger partial charge is 0.433 e. The van der Waals surface area contributed by atoms with Gasteiger partial charge in [0.05, 0.1) is 23.7 Å². The molecule has 0 aliphatic rings. The van der Waals surface area contributed by atoms with Gasteiger partial charge in [-0.1, -0.05) is 6.07 Å². The molecule has 0 atom stereocenters. The fraction of sp³-hybridized carbons (Fsp3) is 0.263. The van der Waals surface area contributed by atoms with Gasteiger partial charge in [0, 0.05) is 18.7 Å². The van der Waals surface area contributed by atoms with Crippen molar-refractivity contribution in [3.8, 4) is 11.5 Å². The molecule has 0 saturated heterocycles. The van der Waals surface area contributed by atoms with E-state index < -0.39 is 23.3 Å². The Morgan fingerprint density at radius 1 is 1.00 bits per heavy atom. The summed E-state index contributed by atoms with van der Waals surface area (Å²) < 4.78 is 52.5. The monoisotopic (exact) mass is 422 g/mol. The van der Waals surface area contributed by atoms with E-state index in [4.69, 9.17) is 0 Å². The van der Waals surface area contributed by atoms with Crippen LogP contribution in [0.5, 0.6) is 0 Å². The molecule has 3 heterocycles. The molecule has 0 fully saturated rings. The molecule has 0 aliphatic heterocycles. The highest BCUT2D eigenvalue weighted by Gasteiger charge is 2.32. The fourth-order valence-electron chi connectivity index (χ4n) is 2.37. The molecule has 3 aromatic rings. The maximum absolute atomic E-state index is 13.4. The van der Waals surface area contributed by atoms with Crippen molar-refractivity contribution < 1.29 is 22.7 Å². The van der Waals surface area contributed by atoms with Gasteiger partial charge in [0.1, 0.15) is 28.8 Å². The van der Waals surface area contributed by atoms with Crippen LogP contribution in [0.15, 0.2) is 42.7 Å². The molecule has 0 unspecified atom stereocenters. The smallest absolute Gasteiger partial charge is 0.389 e. The normalized spacial score (nSPS) is 12.0. The van der Waals surface area contributed by atoms with Gasteiger partial charge >= 0.3 is 6.18 Å². The van der Waals surface area contributed by atoms with Crippen LogP contribution in [0.2, 0.25) is 0 Å². The molecule has 3 N–H and O–H groups in total. The van der Waals surface area contributed by atoms with Crippen LogP contribution in [-0.2, 0) is 6.18 Å².